The van der Waals surface area contributed by atoms with Gasteiger partial charge in [-0.2, -0.15) is 0 Å². The minimum atomic E-state index is -0.618. The SMILES string of the molecule is Cc1onc(-c2ccccc2)c1C(=O)Nc1cc2ccccc2oc1=O. The molecule has 2 heterocycles. The highest BCUT2D eigenvalue weighted by molar-refractivity contribution is 6.09. The van der Waals surface area contributed by atoms with Crippen LogP contribution in [-0.2, 0) is 0 Å². The summed E-state index contributed by atoms with van der Waals surface area (Å²) < 4.78 is 10.4. The second-order valence-electron chi connectivity index (χ2n) is 5.77. The number of para-hydroxylation sites is 1. The van der Waals surface area contributed by atoms with Crippen LogP contribution in [0.5, 0.6) is 0 Å². The number of benzene rings is 2. The summed E-state index contributed by atoms with van der Waals surface area (Å²) in [7, 11) is 0. The summed E-state index contributed by atoms with van der Waals surface area (Å²) in [4.78, 5) is 24.9. The number of carbonyl (C=O) groups excluding carboxylic acids is 1. The molecule has 0 spiro atoms. The van der Waals surface area contributed by atoms with Crippen molar-refractivity contribution in [2.24, 2.45) is 0 Å². The molecule has 0 aliphatic carbocycles. The Kier molecular flexibility index (Phi) is 3.85. The molecule has 0 fully saturated rings. The molecule has 26 heavy (non-hydrogen) atoms. The van der Waals surface area contributed by atoms with E-state index >= 15 is 0 Å². The highest BCUT2D eigenvalue weighted by Gasteiger charge is 2.22. The molecule has 1 N–H and O–H groups in total. The highest BCUT2D eigenvalue weighted by Crippen LogP contribution is 2.26. The molecule has 4 rings (SSSR count). The van der Waals surface area contributed by atoms with Gasteiger partial charge in [0, 0.05) is 10.9 Å². The first kappa shape index (κ1) is 15.8. The number of amides is 1. The van der Waals surface area contributed by atoms with Crippen molar-refractivity contribution >= 4 is 22.6 Å². The van der Waals surface area contributed by atoms with Crippen LogP contribution < -0.4 is 10.9 Å². The summed E-state index contributed by atoms with van der Waals surface area (Å²) in [5.74, 6) is -0.114. The van der Waals surface area contributed by atoms with Crippen molar-refractivity contribution in [1.82, 2.24) is 5.16 Å². The third kappa shape index (κ3) is 2.77. The normalized spacial score (nSPS) is 10.8. The van der Waals surface area contributed by atoms with Crippen LogP contribution in [0.2, 0.25) is 0 Å². The molecule has 1 amide bonds. The van der Waals surface area contributed by atoms with E-state index in [1.165, 1.54) is 0 Å². The fraction of sp³-hybridized carbons (Fsp3) is 0.0500. The van der Waals surface area contributed by atoms with E-state index in [2.05, 4.69) is 10.5 Å². The van der Waals surface area contributed by atoms with Gasteiger partial charge >= 0.3 is 5.63 Å². The first-order valence-electron chi connectivity index (χ1n) is 7.99. The second-order valence-corrected chi connectivity index (χ2v) is 5.77. The summed E-state index contributed by atoms with van der Waals surface area (Å²) in [6.07, 6.45) is 0. The lowest BCUT2D eigenvalue weighted by molar-refractivity contribution is 0.102. The predicted molar refractivity (Wildman–Crippen MR) is 97.1 cm³/mol. The molecule has 0 saturated heterocycles. The van der Waals surface area contributed by atoms with E-state index in [9.17, 15) is 9.59 Å². The number of aromatic nitrogens is 1. The summed E-state index contributed by atoms with van der Waals surface area (Å²) >= 11 is 0. The first-order chi connectivity index (χ1) is 12.6. The Balaban J connectivity index is 1.73. The van der Waals surface area contributed by atoms with Crippen LogP contribution in [0.15, 0.2) is 74.4 Å². The van der Waals surface area contributed by atoms with E-state index in [-0.39, 0.29) is 11.3 Å². The van der Waals surface area contributed by atoms with Crippen molar-refractivity contribution in [3.8, 4) is 11.3 Å². The van der Waals surface area contributed by atoms with Gasteiger partial charge in [0.1, 0.15) is 28.3 Å². The third-order valence-corrected chi connectivity index (χ3v) is 4.03. The molecule has 2 aromatic heterocycles. The van der Waals surface area contributed by atoms with Gasteiger partial charge in [0.15, 0.2) is 0 Å². The summed E-state index contributed by atoms with van der Waals surface area (Å²) in [6.45, 7) is 1.65. The number of nitrogens with zero attached hydrogens (tertiary/aromatic N) is 1. The maximum Gasteiger partial charge on any atom is 0.360 e. The molecule has 4 aromatic rings. The molecule has 0 aliphatic heterocycles. The van der Waals surface area contributed by atoms with E-state index in [0.29, 0.717) is 22.4 Å². The maximum atomic E-state index is 12.8. The molecular weight excluding hydrogens is 332 g/mol. The molecule has 6 nitrogen and oxygen atoms in total. The minimum Gasteiger partial charge on any atom is -0.421 e. The Morgan fingerprint density at radius 2 is 1.77 bits per heavy atom. The topological polar surface area (TPSA) is 85.3 Å². The number of fused-ring (bicyclic) bond motifs is 1. The fourth-order valence-electron chi connectivity index (χ4n) is 2.77. The summed E-state index contributed by atoms with van der Waals surface area (Å²) in [6, 6.07) is 17.9. The van der Waals surface area contributed by atoms with Gasteiger partial charge in [0.25, 0.3) is 5.91 Å². The van der Waals surface area contributed by atoms with Gasteiger partial charge in [-0.3, -0.25) is 4.79 Å². The van der Waals surface area contributed by atoms with E-state index < -0.39 is 11.5 Å². The quantitative estimate of drug-likeness (QED) is 0.567. The Labute approximate surface area is 148 Å². The second kappa shape index (κ2) is 6.33. The van der Waals surface area contributed by atoms with Gasteiger partial charge in [0.2, 0.25) is 0 Å². The average molecular weight is 346 g/mol. The Morgan fingerprint density at radius 3 is 2.58 bits per heavy atom. The van der Waals surface area contributed by atoms with Gasteiger partial charge in [-0.25, -0.2) is 4.79 Å². The molecular formula is C20H14N2O4. The number of nitrogens with one attached hydrogen (secondary N) is 1. The molecule has 0 radical (unpaired) electrons. The Morgan fingerprint density at radius 1 is 1.04 bits per heavy atom. The largest absolute Gasteiger partial charge is 0.421 e. The molecule has 2 aromatic carbocycles. The van der Waals surface area contributed by atoms with Gasteiger partial charge in [-0.1, -0.05) is 53.7 Å². The Bertz CT molecular complexity index is 1160. The van der Waals surface area contributed by atoms with E-state index in [1.807, 2.05) is 36.4 Å². The monoisotopic (exact) mass is 346 g/mol. The number of hydrogen-bond donors (Lipinski definition) is 1. The number of hydrogen-bond acceptors (Lipinski definition) is 5. The van der Waals surface area contributed by atoms with Crippen molar-refractivity contribution in [3.05, 3.63) is 82.4 Å². The summed E-state index contributed by atoms with van der Waals surface area (Å²) in [5.41, 5.74) is 1.36. The van der Waals surface area contributed by atoms with E-state index in [0.717, 1.165) is 5.56 Å². The van der Waals surface area contributed by atoms with Crippen molar-refractivity contribution < 1.29 is 13.7 Å². The first-order valence-corrected chi connectivity index (χ1v) is 7.99. The lowest BCUT2D eigenvalue weighted by Crippen LogP contribution is -2.18. The molecule has 6 heteroatoms. The van der Waals surface area contributed by atoms with Gasteiger partial charge < -0.3 is 14.3 Å². The lowest BCUT2D eigenvalue weighted by Gasteiger charge is -2.06. The molecule has 0 aliphatic rings. The molecule has 0 unspecified atom stereocenters. The van der Waals surface area contributed by atoms with Crippen molar-refractivity contribution in [2.75, 3.05) is 5.32 Å². The lowest BCUT2D eigenvalue weighted by atomic mass is 10.1. The van der Waals surface area contributed by atoms with Crippen LogP contribution in [0.3, 0.4) is 0 Å². The van der Waals surface area contributed by atoms with Crippen LogP contribution >= 0.6 is 0 Å². The van der Waals surface area contributed by atoms with Crippen molar-refractivity contribution in [1.29, 1.82) is 0 Å². The van der Waals surface area contributed by atoms with Crippen LogP contribution in [0, 0.1) is 6.92 Å². The highest BCUT2D eigenvalue weighted by atomic mass is 16.5. The van der Waals surface area contributed by atoms with Crippen molar-refractivity contribution in [2.45, 2.75) is 6.92 Å². The van der Waals surface area contributed by atoms with E-state index in [4.69, 9.17) is 8.94 Å². The van der Waals surface area contributed by atoms with Gasteiger partial charge in [-0.15, -0.1) is 0 Å². The Hall–Kier alpha value is -3.67. The zero-order chi connectivity index (χ0) is 18.1. The average Bonchev–Trinajstić information content (AvgIpc) is 3.04. The molecule has 128 valence electrons. The molecule has 0 saturated carbocycles. The van der Waals surface area contributed by atoms with Crippen LogP contribution in [0.1, 0.15) is 16.1 Å². The van der Waals surface area contributed by atoms with Crippen LogP contribution in [-0.4, -0.2) is 11.1 Å². The van der Waals surface area contributed by atoms with Crippen LogP contribution in [0.25, 0.3) is 22.2 Å². The smallest absolute Gasteiger partial charge is 0.360 e. The predicted octanol–water partition coefficient (Wildman–Crippen LogP) is 4.01. The fourth-order valence-corrected chi connectivity index (χ4v) is 2.77. The van der Waals surface area contributed by atoms with Crippen LogP contribution in [0.4, 0.5) is 5.69 Å². The standard InChI is InChI=1S/C20H14N2O4/c1-12-17(18(22-26-12)13-7-3-2-4-8-13)19(23)21-15-11-14-9-5-6-10-16(14)25-20(15)24/h2-11H,1H3,(H,21,23). The van der Waals surface area contributed by atoms with Crippen molar-refractivity contribution in [3.63, 3.8) is 0 Å². The van der Waals surface area contributed by atoms with Gasteiger partial charge in [-0.05, 0) is 19.1 Å². The number of aryl methyl sites for hydroxylation is 1. The maximum absolute atomic E-state index is 12.8. The molecule has 0 atom stereocenters. The molecule has 0 bridgehead atoms. The number of carbonyl (C=O) groups is 1. The number of anilines is 1. The van der Waals surface area contributed by atoms with E-state index in [1.54, 1.807) is 31.2 Å². The van der Waals surface area contributed by atoms with Gasteiger partial charge in [0.05, 0.1) is 0 Å². The zero-order valence-corrected chi connectivity index (χ0v) is 13.9. The third-order valence-electron chi connectivity index (χ3n) is 4.03. The summed E-state index contributed by atoms with van der Waals surface area (Å²) in [5, 5.41) is 7.31. The number of rotatable bonds is 3. The zero-order valence-electron chi connectivity index (χ0n) is 13.9. The minimum absolute atomic E-state index is 0.0633.